The number of nitrogens with zero attached hydrogens (tertiary/aromatic N) is 2. The topological polar surface area (TPSA) is 106 Å². The molecule has 0 saturated heterocycles. The van der Waals surface area contributed by atoms with Gasteiger partial charge >= 0.3 is 0 Å². The smallest absolute Gasteiger partial charge is 0.238 e. The molecule has 2 aromatic carbocycles. The van der Waals surface area contributed by atoms with Crippen LogP contribution in [-0.4, -0.2) is 31.3 Å². The number of carbonyl (C=O) groups excluding carboxylic acids is 1. The van der Waals surface area contributed by atoms with E-state index in [0.717, 1.165) is 5.56 Å². The van der Waals surface area contributed by atoms with Crippen molar-refractivity contribution in [2.24, 2.45) is 5.14 Å². The third kappa shape index (κ3) is 5.10. The molecule has 0 saturated carbocycles. The lowest BCUT2D eigenvalue weighted by Gasteiger charge is -2.25. The highest BCUT2D eigenvalue weighted by atomic mass is 32.2. The summed E-state index contributed by atoms with van der Waals surface area (Å²) in [6.07, 6.45) is 2.25. The van der Waals surface area contributed by atoms with Gasteiger partial charge in [0.05, 0.1) is 17.1 Å². The van der Waals surface area contributed by atoms with E-state index in [1.165, 1.54) is 12.1 Å². The Morgan fingerprint density at radius 1 is 1.17 bits per heavy atom. The summed E-state index contributed by atoms with van der Waals surface area (Å²) in [6, 6.07) is 15.6. The number of nitrogens with two attached hydrogens (primary N) is 1. The molecule has 0 aliphatic carbocycles. The number of primary sulfonamides is 1. The van der Waals surface area contributed by atoms with Crippen LogP contribution in [0.25, 0.3) is 11.3 Å². The second-order valence-corrected chi connectivity index (χ2v) is 8.34. The molecular formula is C21H23N3O4S. The van der Waals surface area contributed by atoms with E-state index in [9.17, 15) is 13.2 Å². The van der Waals surface area contributed by atoms with Gasteiger partial charge in [0.15, 0.2) is 11.7 Å². The molecule has 3 aromatic rings. The summed E-state index contributed by atoms with van der Waals surface area (Å²) in [7, 11) is -2.11. The van der Waals surface area contributed by atoms with Crippen molar-refractivity contribution in [3.8, 4) is 11.3 Å². The van der Waals surface area contributed by atoms with Crippen molar-refractivity contribution in [3.63, 3.8) is 0 Å². The quantitative estimate of drug-likeness (QED) is 0.640. The predicted molar refractivity (Wildman–Crippen MR) is 109 cm³/mol. The van der Waals surface area contributed by atoms with E-state index in [4.69, 9.17) is 9.56 Å². The molecule has 1 aromatic heterocycles. The molecule has 1 unspecified atom stereocenters. The van der Waals surface area contributed by atoms with Crippen molar-refractivity contribution in [2.45, 2.75) is 30.7 Å². The number of rotatable bonds is 7. The number of aryl methyl sites for hydroxylation is 1. The van der Waals surface area contributed by atoms with Crippen LogP contribution in [0.5, 0.6) is 0 Å². The molecule has 0 aliphatic heterocycles. The van der Waals surface area contributed by atoms with Crippen LogP contribution >= 0.6 is 0 Å². The highest BCUT2D eigenvalue weighted by Crippen LogP contribution is 2.23. The highest BCUT2D eigenvalue weighted by Gasteiger charge is 2.20. The highest BCUT2D eigenvalue weighted by molar-refractivity contribution is 7.89. The van der Waals surface area contributed by atoms with E-state index in [2.05, 4.69) is 4.98 Å². The summed E-state index contributed by atoms with van der Waals surface area (Å²) in [5.41, 5.74) is 1.62. The summed E-state index contributed by atoms with van der Waals surface area (Å²) in [6.45, 7) is 1.83. The Balaban J connectivity index is 1.63. The fourth-order valence-corrected chi connectivity index (χ4v) is 3.51. The van der Waals surface area contributed by atoms with Gasteiger partial charge in [0, 0.05) is 25.5 Å². The first-order valence-electron chi connectivity index (χ1n) is 9.14. The number of sulfonamides is 1. The van der Waals surface area contributed by atoms with Gasteiger partial charge in [-0.2, -0.15) is 0 Å². The number of hydrogen-bond acceptors (Lipinski definition) is 5. The van der Waals surface area contributed by atoms with Crippen LogP contribution < -0.4 is 5.14 Å². The Kier molecular flexibility index (Phi) is 6.14. The van der Waals surface area contributed by atoms with Crippen molar-refractivity contribution in [1.29, 1.82) is 0 Å². The summed E-state index contributed by atoms with van der Waals surface area (Å²) in [5.74, 6) is 1.06. The van der Waals surface area contributed by atoms with Gasteiger partial charge < -0.3 is 9.32 Å². The molecule has 0 aliphatic rings. The van der Waals surface area contributed by atoms with Crippen LogP contribution in [0.3, 0.4) is 0 Å². The second kappa shape index (κ2) is 8.59. The Labute approximate surface area is 170 Å². The molecule has 152 valence electrons. The number of aromatic nitrogens is 1. The zero-order valence-corrected chi connectivity index (χ0v) is 17.1. The van der Waals surface area contributed by atoms with Gasteiger partial charge in [0.1, 0.15) is 0 Å². The molecule has 29 heavy (non-hydrogen) atoms. The zero-order valence-electron chi connectivity index (χ0n) is 16.3. The van der Waals surface area contributed by atoms with Crippen LogP contribution in [0.15, 0.2) is 70.1 Å². The number of amides is 1. The van der Waals surface area contributed by atoms with Gasteiger partial charge in [-0.15, -0.1) is 0 Å². The standard InChI is InChI=1S/C21H23N3O4S/c1-15(17-9-6-10-18(13-17)29(22,26)27)24(2)21(25)12-11-20-23-14-19(28-20)16-7-4-3-5-8-16/h3-10,13-15H,11-12H2,1-2H3,(H2,22,26,27). The summed E-state index contributed by atoms with van der Waals surface area (Å²) in [4.78, 5) is 18.4. The number of carbonyl (C=O) groups is 1. The van der Waals surface area contributed by atoms with E-state index in [0.29, 0.717) is 23.6 Å². The maximum absolute atomic E-state index is 12.6. The van der Waals surface area contributed by atoms with Gasteiger partial charge in [0.2, 0.25) is 15.9 Å². The SMILES string of the molecule is CC(c1cccc(S(N)(=O)=O)c1)N(C)C(=O)CCc1ncc(-c2ccccc2)o1. The minimum absolute atomic E-state index is 0.0240. The summed E-state index contributed by atoms with van der Waals surface area (Å²) in [5, 5.41) is 5.19. The predicted octanol–water partition coefficient (Wildman–Crippen LogP) is 3.14. The molecule has 0 radical (unpaired) electrons. The molecule has 8 heteroatoms. The van der Waals surface area contributed by atoms with Crippen molar-refractivity contribution in [3.05, 3.63) is 72.2 Å². The van der Waals surface area contributed by atoms with E-state index >= 15 is 0 Å². The first-order chi connectivity index (χ1) is 13.8. The van der Waals surface area contributed by atoms with Gasteiger partial charge in [-0.3, -0.25) is 4.79 Å². The van der Waals surface area contributed by atoms with Crippen LogP contribution in [0, 0.1) is 0 Å². The van der Waals surface area contributed by atoms with Crippen molar-refractivity contribution in [2.75, 3.05) is 7.05 Å². The lowest BCUT2D eigenvalue weighted by Crippen LogP contribution is -2.30. The maximum atomic E-state index is 12.6. The molecule has 7 nitrogen and oxygen atoms in total. The third-order valence-corrected chi connectivity index (χ3v) is 5.72. The molecule has 1 amide bonds. The van der Waals surface area contributed by atoms with Crippen LogP contribution in [0.2, 0.25) is 0 Å². The number of hydrogen-bond donors (Lipinski definition) is 1. The summed E-state index contributed by atoms with van der Waals surface area (Å²) >= 11 is 0. The molecule has 0 fully saturated rings. The average Bonchev–Trinajstić information content (AvgIpc) is 3.20. The lowest BCUT2D eigenvalue weighted by molar-refractivity contribution is -0.131. The first-order valence-corrected chi connectivity index (χ1v) is 10.7. The second-order valence-electron chi connectivity index (χ2n) is 6.78. The Morgan fingerprint density at radius 3 is 2.59 bits per heavy atom. The van der Waals surface area contributed by atoms with Crippen molar-refractivity contribution >= 4 is 15.9 Å². The van der Waals surface area contributed by atoms with E-state index in [1.54, 1.807) is 30.3 Å². The Hall–Kier alpha value is -2.97. The van der Waals surface area contributed by atoms with E-state index < -0.39 is 10.0 Å². The molecule has 1 heterocycles. The normalized spacial score (nSPS) is 12.5. The molecule has 0 spiro atoms. The van der Waals surface area contributed by atoms with E-state index in [-0.39, 0.29) is 23.3 Å². The average molecular weight is 413 g/mol. The van der Waals surface area contributed by atoms with Crippen LogP contribution in [-0.2, 0) is 21.2 Å². The van der Waals surface area contributed by atoms with Gasteiger partial charge in [-0.1, -0.05) is 42.5 Å². The van der Waals surface area contributed by atoms with Crippen molar-refractivity contribution < 1.29 is 17.6 Å². The van der Waals surface area contributed by atoms with Crippen molar-refractivity contribution in [1.82, 2.24) is 9.88 Å². The fraction of sp³-hybridized carbons (Fsp3) is 0.238. The fourth-order valence-electron chi connectivity index (χ4n) is 2.94. The number of benzene rings is 2. The van der Waals surface area contributed by atoms with Crippen LogP contribution in [0.1, 0.15) is 30.8 Å². The minimum atomic E-state index is -3.80. The zero-order chi connectivity index (χ0) is 21.0. The maximum Gasteiger partial charge on any atom is 0.238 e. The minimum Gasteiger partial charge on any atom is -0.441 e. The van der Waals surface area contributed by atoms with Gasteiger partial charge in [-0.05, 0) is 24.6 Å². The summed E-state index contributed by atoms with van der Waals surface area (Å²) < 4.78 is 28.8. The monoisotopic (exact) mass is 413 g/mol. The lowest BCUT2D eigenvalue weighted by atomic mass is 10.1. The Morgan fingerprint density at radius 2 is 1.90 bits per heavy atom. The van der Waals surface area contributed by atoms with Gasteiger partial charge in [-0.25, -0.2) is 18.5 Å². The molecule has 0 bridgehead atoms. The van der Waals surface area contributed by atoms with E-state index in [1.807, 2.05) is 37.3 Å². The molecule has 3 rings (SSSR count). The molecular weight excluding hydrogens is 390 g/mol. The molecule has 2 N–H and O–H groups in total. The van der Waals surface area contributed by atoms with Gasteiger partial charge in [0.25, 0.3) is 0 Å². The number of oxazole rings is 1. The largest absolute Gasteiger partial charge is 0.441 e. The third-order valence-electron chi connectivity index (χ3n) is 4.81. The van der Waals surface area contributed by atoms with Crippen LogP contribution in [0.4, 0.5) is 0 Å². The molecule has 1 atom stereocenters. The Bertz CT molecular complexity index is 1090. The first kappa shape index (κ1) is 20.8.